The minimum absolute atomic E-state index is 0.315. The van der Waals surface area contributed by atoms with Gasteiger partial charge in [0.15, 0.2) is 5.65 Å². The van der Waals surface area contributed by atoms with Crippen LogP contribution in [0.4, 0.5) is 11.6 Å². The van der Waals surface area contributed by atoms with Crippen molar-refractivity contribution >= 4 is 23.1 Å². The summed E-state index contributed by atoms with van der Waals surface area (Å²) in [5.41, 5.74) is 4.51. The second-order valence-corrected chi connectivity index (χ2v) is 7.85. The Hall–Kier alpha value is -4.05. The molecule has 2 aromatic carbocycles. The largest absolute Gasteiger partial charge is 0.322 e. The number of anilines is 2. The molecule has 0 bridgehead atoms. The number of hydrogen-bond acceptors (Lipinski definition) is 6. The molecule has 1 aliphatic carbocycles. The molecule has 1 saturated carbocycles. The maximum Gasteiger partial charge on any atom is 0.247 e. The van der Waals surface area contributed by atoms with Gasteiger partial charge in [-0.25, -0.2) is 4.52 Å². The molecule has 4 aromatic rings. The predicted octanol–water partition coefficient (Wildman–Crippen LogP) is 4.32. The number of nitrogens with zero attached hydrogens (tertiary/aromatic N) is 5. The van der Waals surface area contributed by atoms with Crippen molar-refractivity contribution in [2.24, 2.45) is 5.92 Å². The maximum absolute atomic E-state index is 12.1. The van der Waals surface area contributed by atoms with E-state index in [-0.39, 0.29) is 0 Å². The Morgan fingerprint density at radius 2 is 1.97 bits per heavy atom. The molecule has 0 atom stereocenters. The Kier molecular flexibility index (Phi) is 4.89. The SMILES string of the molecule is N#Cc1ccccc1Nc1nc2cnc(-c3ccc(CC(=O)CC4CC4)cc3)cn2n1. The van der Waals surface area contributed by atoms with E-state index < -0.39 is 0 Å². The summed E-state index contributed by atoms with van der Waals surface area (Å²) in [4.78, 5) is 21.0. The molecule has 1 aliphatic rings. The predicted molar refractivity (Wildman–Crippen MR) is 117 cm³/mol. The quantitative estimate of drug-likeness (QED) is 0.489. The highest BCUT2D eigenvalue weighted by molar-refractivity contribution is 5.81. The number of fused-ring (bicyclic) bond motifs is 1. The van der Waals surface area contributed by atoms with Gasteiger partial charge in [-0.05, 0) is 36.5 Å². The summed E-state index contributed by atoms with van der Waals surface area (Å²) in [5.74, 6) is 1.33. The van der Waals surface area contributed by atoms with Gasteiger partial charge >= 0.3 is 0 Å². The minimum Gasteiger partial charge on any atom is -0.322 e. The molecule has 2 aromatic heterocycles. The van der Waals surface area contributed by atoms with Crippen LogP contribution in [-0.4, -0.2) is 25.4 Å². The molecule has 152 valence electrons. The van der Waals surface area contributed by atoms with E-state index >= 15 is 0 Å². The van der Waals surface area contributed by atoms with Crippen molar-refractivity contribution in [1.82, 2.24) is 19.6 Å². The summed E-state index contributed by atoms with van der Waals surface area (Å²) in [6, 6.07) is 17.3. The summed E-state index contributed by atoms with van der Waals surface area (Å²) >= 11 is 0. The number of nitrogens with one attached hydrogen (secondary N) is 1. The van der Waals surface area contributed by atoms with Crippen LogP contribution in [0.1, 0.15) is 30.4 Å². The minimum atomic E-state index is 0.315. The van der Waals surface area contributed by atoms with Crippen molar-refractivity contribution in [3.05, 3.63) is 72.1 Å². The Bertz CT molecular complexity index is 1300. The number of para-hydroxylation sites is 1. The summed E-state index contributed by atoms with van der Waals surface area (Å²) in [6.45, 7) is 0. The zero-order chi connectivity index (χ0) is 21.2. The molecule has 2 heterocycles. The number of ketones is 1. The fourth-order valence-electron chi connectivity index (χ4n) is 3.54. The number of benzene rings is 2. The van der Waals surface area contributed by atoms with Gasteiger partial charge in [-0.2, -0.15) is 10.2 Å². The summed E-state index contributed by atoms with van der Waals surface area (Å²) < 4.78 is 1.66. The van der Waals surface area contributed by atoms with E-state index in [1.807, 2.05) is 48.7 Å². The molecule has 1 fully saturated rings. The van der Waals surface area contributed by atoms with Gasteiger partial charge in [0.2, 0.25) is 5.95 Å². The van der Waals surface area contributed by atoms with Crippen LogP contribution in [0.2, 0.25) is 0 Å². The number of carbonyl (C=O) groups is 1. The number of rotatable bonds is 7. The summed E-state index contributed by atoms with van der Waals surface area (Å²) in [5, 5.41) is 16.8. The van der Waals surface area contributed by atoms with E-state index in [1.165, 1.54) is 12.8 Å². The fraction of sp³-hybridized carbons (Fsp3) is 0.208. The lowest BCUT2D eigenvalue weighted by Gasteiger charge is -2.04. The van der Waals surface area contributed by atoms with Gasteiger partial charge in [-0.3, -0.25) is 9.78 Å². The second kappa shape index (κ2) is 8.00. The lowest BCUT2D eigenvalue weighted by atomic mass is 10.0. The van der Waals surface area contributed by atoms with Gasteiger partial charge < -0.3 is 5.32 Å². The molecule has 0 spiro atoms. The molecule has 1 N–H and O–H groups in total. The van der Waals surface area contributed by atoms with Crippen LogP contribution in [0, 0.1) is 17.2 Å². The van der Waals surface area contributed by atoms with E-state index in [0.717, 1.165) is 16.8 Å². The van der Waals surface area contributed by atoms with Crippen molar-refractivity contribution in [2.45, 2.75) is 25.7 Å². The van der Waals surface area contributed by atoms with E-state index in [4.69, 9.17) is 0 Å². The molecule has 5 rings (SSSR count). The standard InChI is InChI=1S/C24H20N6O/c25-13-19-3-1-2-4-21(19)27-24-28-23-14-26-22(15-30(23)29-24)18-9-7-17(8-10-18)12-20(31)11-16-5-6-16/h1-4,7-10,14-16H,5-6,11-12H2,(H,27,29). The Labute approximate surface area is 179 Å². The van der Waals surface area contributed by atoms with E-state index in [2.05, 4.69) is 26.5 Å². The first-order valence-corrected chi connectivity index (χ1v) is 10.3. The lowest BCUT2D eigenvalue weighted by molar-refractivity contribution is -0.118. The molecule has 0 amide bonds. The summed E-state index contributed by atoms with van der Waals surface area (Å²) in [7, 11) is 0. The second-order valence-electron chi connectivity index (χ2n) is 7.85. The van der Waals surface area contributed by atoms with Crippen LogP contribution in [0.3, 0.4) is 0 Å². The molecule has 31 heavy (non-hydrogen) atoms. The van der Waals surface area contributed by atoms with Crippen LogP contribution in [0.15, 0.2) is 60.9 Å². The van der Waals surface area contributed by atoms with Gasteiger partial charge in [-0.15, -0.1) is 5.10 Å². The first-order valence-electron chi connectivity index (χ1n) is 10.3. The summed E-state index contributed by atoms with van der Waals surface area (Å²) in [6.07, 6.45) is 7.08. The Morgan fingerprint density at radius 1 is 1.16 bits per heavy atom. The highest BCUT2D eigenvalue weighted by Crippen LogP contribution is 2.33. The molecular weight excluding hydrogens is 388 g/mol. The zero-order valence-corrected chi connectivity index (χ0v) is 16.8. The number of Topliss-reactive ketones (excluding diaryl/α,β-unsaturated/α-hetero) is 1. The van der Waals surface area contributed by atoms with Crippen LogP contribution in [-0.2, 0) is 11.2 Å². The molecule has 0 saturated heterocycles. The average molecular weight is 408 g/mol. The molecular formula is C24H20N6O. The van der Waals surface area contributed by atoms with Gasteiger partial charge in [0.05, 0.1) is 29.3 Å². The third-order valence-electron chi connectivity index (χ3n) is 5.38. The molecule has 0 radical (unpaired) electrons. The third-order valence-corrected chi connectivity index (χ3v) is 5.38. The van der Waals surface area contributed by atoms with Crippen molar-refractivity contribution < 1.29 is 4.79 Å². The monoisotopic (exact) mass is 408 g/mol. The normalized spacial score (nSPS) is 13.1. The smallest absolute Gasteiger partial charge is 0.247 e. The van der Waals surface area contributed by atoms with Crippen LogP contribution in [0.25, 0.3) is 16.9 Å². The van der Waals surface area contributed by atoms with Crippen LogP contribution < -0.4 is 5.32 Å². The average Bonchev–Trinajstić information content (AvgIpc) is 3.50. The molecule has 0 aliphatic heterocycles. The Morgan fingerprint density at radius 3 is 2.74 bits per heavy atom. The lowest BCUT2D eigenvalue weighted by Crippen LogP contribution is -2.03. The topological polar surface area (TPSA) is 96.0 Å². The van der Waals surface area contributed by atoms with Gasteiger partial charge in [0.25, 0.3) is 0 Å². The molecule has 7 nitrogen and oxygen atoms in total. The first-order chi connectivity index (χ1) is 15.2. The van der Waals surface area contributed by atoms with Gasteiger partial charge in [0, 0.05) is 18.4 Å². The van der Waals surface area contributed by atoms with Crippen LogP contribution in [0.5, 0.6) is 0 Å². The highest BCUT2D eigenvalue weighted by atomic mass is 16.1. The van der Waals surface area contributed by atoms with Crippen molar-refractivity contribution in [2.75, 3.05) is 5.32 Å². The van der Waals surface area contributed by atoms with Crippen LogP contribution >= 0.6 is 0 Å². The maximum atomic E-state index is 12.1. The number of nitriles is 1. The Balaban J connectivity index is 1.33. The van der Waals surface area contributed by atoms with Crippen molar-refractivity contribution in [3.8, 4) is 17.3 Å². The van der Waals surface area contributed by atoms with E-state index in [9.17, 15) is 10.1 Å². The van der Waals surface area contributed by atoms with Gasteiger partial charge in [0.1, 0.15) is 11.9 Å². The number of hydrogen-bond donors (Lipinski definition) is 1. The van der Waals surface area contributed by atoms with Gasteiger partial charge in [-0.1, -0.05) is 36.4 Å². The van der Waals surface area contributed by atoms with Crippen molar-refractivity contribution in [1.29, 1.82) is 5.26 Å². The highest BCUT2D eigenvalue weighted by Gasteiger charge is 2.24. The zero-order valence-electron chi connectivity index (χ0n) is 16.8. The molecule has 0 unspecified atom stereocenters. The third kappa shape index (κ3) is 4.28. The van der Waals surface area contributed by atoms with E-state index in [0.29, 0.717) is 47.4 Å². The molecule has 7 heteroatoms. The number of aromatic nitrogens is 4. The van der Waals surface area contributed by atoms with E-state index in [1.54, 1.807) is 16.8 Å². The fourth-order valence-corrected chi connectivity index (χ4v) is 3.54. The van der Waals surface area contributed by atoms with Crippen molar-refractivity contribution in [3.63, 3.8) is 0 Å². The number of carbonyl (C=O) groups excluding carboxylic acids is 1. The first kappa shape index (κ1) is 18.9.